The van der Waals surface area contributed by atoms with Crippen LogP contribution in [0, 0.1) is 3.57 Å². The van der Waals surface area contributed by atoms with Gasteiger partial charge in [0.15, 0.2) is 0 Å². The average Bonchev–Trinajstić information content (AvgIpc) is 2.88. The quantitative estimate of drug-likeness (QED) is 0.260. The second kappa shape index (κ2) is 9.09. The standard InChI is InChI=1S/C17H23Br2IN4O2/c1-5-24-11-9-10(18)12(19)13(20)14(11)23-15(24)21-7-6-8-22-16(25)26-17(2,3)4/h9H,5-8H2,1-4H3,(H,21,23)(H,22,25). The SMILES string of the molecule is CCn1c(NCCCNC(=O)OC(C)(C)C)nc2c(I)c(Br)c(Br)cc21. The lowest BCUT2D eigenvalue weighted by atomic mass is 10.2. The number of hydrogen-bond donors (Lipinski definition) is 2. The van der Waals surface area contributed by atoms with Crippen LogP contribution >= 0.6 is 54.5 Å². The smallest absolute Gasteiger partial charge is 0.407 e. The second-order valence-electron chi connectivity index (χ2n) is 6.74. The number of amides is 1. The molecule has 0 aliphatic rings. The lowest BCUT2D eigenvalue weighted by molar-refractivity contribution is 0.0528. The van der Waals surface area contributed by atoms with E-state index in [0.29, 0.717) is 13.1 Å². The molecular formula is C17H23Br2IN4O2. The van der Waals surface area contributed by atoms with E-state index in [1.807, 2.05) is 20.8 Å². The molecule has 1 amide bonds. The predicted octanol–water partition coefficient (Wildman–Crippen LogP) is 5.51. The van der Waals surface area contributed by atoms with Crippen molar-refractivity contribution in [3.63, 3.8) is 0 Å². The van der Waals surface area contributed by atoms with E-state index in [2.05, 4.69) is 82.6 Å². The first-order valence-corrected chi connectivity index (χ1v) is 11.0. The van der Waals surface area contributed by atoms with Gasteiger partial charge in [-0.3, -0.25) is 0 Å². The summed E-state index contributed by atoms with van der Waals surface area (Å²) in [5.74, 6) is 0.836. The Kier molecular flexibility index (Phi) is 7.61. The second-order valence-corrected chi connectivity index (χ2v) is 9.47. The van der Waals surface area contributed by atoms with Gasteiger partial charge < -0.3 is 19.9 Å². The number of alkyl carbamates (subject to hydrolysis) is 1. The van der Waals surface area contributed by atoms with Crippen molar-refractivity contribution in [2.24, 2.45) is 0 Å². The molecule has 2 N–H and O–H groups in total. The van der Waals surface area contributed by atoms with Crippen LogP contribution in [0.4, 0.5) is 10.7 Å². The Balaban J connectivity index is 1.97. The number of anilines is 1. The van der Waals surface area contributed by atoms with Crippen molar-refractivity contribution in [2.75, 3.05) is 18.4 Å². The first-order chi connectivity index (χ1) is 12.1. The number of carbonyl (C=O) groups excluding carboxylic acids is 1. The monoisotopic (exact) mass is 600 g/mol. The maximum Gasteiger partial charge on any atom is 0.407 e. The van der Waals surface area contributed by atoms with Crippen LogP contribution in [0.1, 0.15) is 34.1 Å². The van der Waals surface area contributed by atoms with Crippen molar-refractivity contribution >= 4 is 77.5 Å². The topological polar surface area (TPSA) is 68.2 Å². The number of nitrogens with zero attached hydrogens (tertiary/aromatic N) is 2. The molecule has 0 aliphatic heterocycles. The molecule has 2 rings (SSSR count). The third-order valence-electron chi connectivity index (χ3n) is 3.50. The van der Waals surface area contributed by atoms with Crippen LogP contribution < -0.4 is 10.6 Å². The molecule has 0 unspecified atom stereocenters. The Morgan fingerprint density at radius 1 is 1.35 bits per heavy atom. The number of nitrogens with one attached hydrogen (secondary N) is 2. The van der Waals surface area contributed by atoms with Crippen LogP contribution in [0.5, 0.6) is 0 Å². The first-order valence-electron chi connectivity index (χ1n) is 8.38. The average molecular weight is 602 g/mol. The summed E-state index contributed by atoms with van der Waals surface area (Å²) in [6.07, 6.45) is 0.388. The minimum atomic E-state index is -0.478. The molecule has 6 nitrogen and oxygen atoms in total. The minimum absolute atomic E-state index is 0.387. The zero-order valence-electron chi connectivity index (χ0n) is 15.3. The summed E-state index contributed by atoms with van der Waals surface area (Å²) in [5, 5.41) is 6.13. The van der Waals surface area contributed by atoms with E-state index in [9.17, 15) is 4.79 Å². The third-order valence-corrected chi connectivity index (χ3v) is 7.27. The number of rotatable bonds is 6. The van der Waals surface area contributed by atoms with E-state index < -0.39 is 5.60 Å². The van der Waals surface area contributed by atoms with E-state index in [0.717, 1.165) is 42.5 Å². The van der Waals surface area contributed by atoms with Gasteiger partial charge in [0.1, 0.15) is 11.1 Å². The molecule has 0 bridgehead atoms. The van der Waals surface area contributed by atoms with Gasteiger partial charge in [-0.25, -0.2) is 9.78 Å². The van der Waals surface area contributed by atoms with E-state index in [4.69, 9.17) is 9.72 Å². The summed E-state index contributed by atoms with van der Waals surface area (Å²) in [6.45, 7) is 9.71. The highest BCUT2D eigenvalue weighted by atomic mass is 127. The Labute approximate surface area is 184 Å². The maximum atomic E-state index is 11.6. The van der Waals surface area contributed by atoms with Crippen molar-refractivity contribution < 1.29 is 9.53 Å². The number of hydrogen-bond acceptors (Lipinski definition) is 4. The van der Waals surface area contributed by atoms with Gasteiger partial charge in [-0.15, -0.1) is 0 Å². The van der Waals surface area contributed by atoms with Gasteiger partial charge in [-0.2, -0.15) is 0 Å². The fourth-order valence-corrected chi connectivity index (χ4v) is 4.19. The van der Waals surface area contributed by atoms with Crippen molar-refractivity contribution in [1.82, 2.24) is 14.9 Å². The molecule has 0 saturated heterocycles. The fraction of sp³-hybridized carbons (Fsp3) is 0.529. The zero-order valence-corrected chi connectivity index (χ0v) is 20.6. The van der Waals surface area contributed by atoms with Gasteiger partial charge in [-0.1, -0.05) is 0 Å². The minimum Gasteiger partial charge on any atom is -0.444 e. The molecule has 1 heterocycles. The normalized spacial score (nSPS) is 11.7. The van der Waals surface area contributed by atoms with Gasteiger partial charge in [0.05, 0.1) is 9.09 Å². The molecule has 2 aromatic rings. The molecule has 0 spiro atoms. The number of benzene rings is 1. The molecule has 9 heteroatoms. The zero-order chi connectivity index (χ0) is 19.5. The number of halogens is 3. The Bertz CT molecular complexity index is 802. The lowest BCUT2D eigenvalue weighted by Crippen LogP contribution is -2.33. The van der Waals surface area contributed by atoms with E-state index in [-0.39, 0.29) is 6.09 Å². The Morgan fingerprint density at radius 3 is 2.65 bits per heavy atom. The van der Waals surface area contributed by atoms with Gasteiger partial charge in [0.2, 0.25) is 5.95 Å². The maximum absolute atomic E-state index is 11.6. The van der Waals surface area contributed by atoms with E-state index in [1.54, 1.807) is 0 Å². The summed E-state index contributed by atoms with van der Waals surface area (Å²) < 4.78 is 10.5. The highest BCUT2D eigenvalue weighted by Crippen LogP contribution is 2.35. The number of carbonyl (C=O) groups is 1. The molecule has 0 fully saturated rings. The number of imidazole rings is 1. The van der Waals surface area contributed by atoms with Crippen molar-refractivity contribution in [2.45, 2.75) is 46.3 Å². The summed E-state index contributed by atoms with van der Waals surface area (Å²) >= 11 is 9.47. The summed E-state index contributed by atoms with van der Waals surface area (Å²) in [4.78, 5) is 16.4. The predicted molar refractivity (Wildman–Crippen MR) is 121 cm³/mol. The third kappa shape index (κ3) is 5.48. The van der Waals surface area contributed by atoms with Gasteiger partial charge >= 0.3 is 6.09 Å². The molecule has 0 aliphatic carbocycles. The van der Waals surface area contributed by atoms with Gasteiger partial charge in [0, 0.05) is 28.6 Å². The van der Waals surface area contributed by atoms with Crippen LogP contribution in [0.15, 0.2) is 15.0 Å². The highest BCUT2D eigenvalue weighted by Gasteiger charge is 2.17. The molecule has 0 atom stereocenters. The largest absolute Gasteiger partial charge is 0.444 e. The van der Waals surface area contributed by atoms with Crippen LogP contribution in [-0.4, -0.2) is 34.3 Å². The molecular weight excluding hydrogens is 579 g/mol. The van der Waals surface area contributed by atoms with Crippen LogP contribution in [0.3, 0.4) is 0 Å². The molecule has 144 valence electrons. The molecule has 0 saturated carbocycles. The summed E-state index contributed by atoms with van der Waals surface area (Å²) in [5.41, 5.74) is 1.58. The molecule has 0 radical (unpaired) electrons. The fourth-order valence-electron chi connectivity index (χ4n) is 2.41. The van der Waals surface area contributed by atoms with Crippen LogP contribution in [-0.2, 0) is 11.3 Å². The molecule has 1 aromatic carbocycles. The van der Waals surface area contributed by atoms with Crippen LogP contribution in [0.25, 0.3) is 11.0 Å². The number of fused-ring (bicyclic) bond motifs is 1. The summed E-state index contributed by atoms with van der Waals surface area (Å²) in [7, 11) is 0. The first kappa shape index (κ1) is 21.7. The highest BCUT2D eigenvalue weighted by molar-refractivity contribution is 14.1. The Hall–Kier alpha value is -0.550. The lowest BCUT2D eigenvalue weighted by Gasteiger charge is -2.19. The van der Waals surface area contributed by atoms with Crippen molar-refractivity contribution in [1.29, 1.82) is 0 Å². The molecule has 1 aromatic heterocycles. The van der Waals surface area contributed by atoms with Gasteiger partial charge in [0.25, 0.3) is 0 Å². The number of aryl methyl sites for hydroxylation is 1. The number of ether oxygens (including phenoxy) is 1. The molecule has 26 heavy (non-hydrogen) atoms. The number of aromatic nitrogens is 2. The van der Waals surface area contributed by atoms with E-state index >= 15 is 0 Å². The van der Waals surface area contributed by atoms with Crippen molar-refractivity contribution in [3.05, 3.63) is 18.6 Å². The summed E-state index contributed by atoms with van der Waals surface area (Å²) in [6, 6.07) is 2.08. The van der Waals surface area contributed by atoms with E-state index in [1.165, 1.54) is 0 Å². The van der Waals surface area contributed by atoms with Crippen LogP contribution in [0.2, 0.25) is 0 Å². The van der Waals surface area contributed by atoms with Gasteiger partial charge in [-0.05, 0) is 94.6 Å². The van der Waals surface area contributed by atoms with Crippen molar-refractivity contribution in [3.8, 4) is 0 Å². The Morgan fingerprint density at radius 2 is 2.04 bits per heavy atom.